The molecule has 0 spiro atoms. The number of aromatic nitrogens is 5. The van der Waals surface area contributed by atoms with Gasteiger partial charge in [0.1, 0.15) is 5.82 Å². The van der Waals surface area contributed by atoms with Crippen molar-refractivity contribution in [2.45, 2.75) is 25.2 Å². The van der Waals surface area contributed by atoms with Crippen LogP contribution in [-0.2, 0) is 6.42 Å². The SMILES string of the molecule is CNc1ncc(Cc2cccc3[nH]ccc23)c(Nc2cc(C3CC3)[nH]n2)n1. The Labute approximate surface area is 156 Å². The molecule has 0 amide bonds. The zero-order chi connectivity index (χ0) is 18.2. The van der Waals surface area contributed by atoms with E-state index in [0.29, 0.717) is 11.9 Å². The molecule has 0 aliphatic heterocycles. The molecule has 1 fully saturated rings. The Kier molecular flexibility index (Phi) is 3.78. The summed E-state index contributed by atoms with van der Waals surface area (Å²) in [5, 5.41) is 15.1. The molecule has 3 aromatic heterocycles. The molecule has 0 atom stereocenters. The van der Waals surface area contributed by atoms with E-state index >= 15 is 0 Å². The topological polar surface area (TPSA) is 94.3 Å². The van der Waals surface area contributed by atoms with Gasteiger partial charge in [0.05, 0.1) is 0 Å². The fourth-order valence-corrected chi connectivity index (χ4v) is 3.40. The molecule has 0 saturated heterocycles. The van der Waals surface area contributed by atoms with Gasteiger partial charge in [-0.05, 0) is 30.5 Å². The third-order valence-corrected chi connectivity index (χ3v) is 5.02. The summed E-state index contributed by atoms with van der Waals surface area (Å²) in [6.07, 6.45) is 7.07. The minimum absolute atomic E-state index is 0.582. The van der Waals surface area contributed by atoms with Gasteiger partial charge in [0, 0.05) is 60.0 Å². The number of rotatable bonds is 6. The minimum Gasteiger partial charge on any atom is -0.361 e. The Morgan fingerprint density at radius 3 is 2.96 bits per heavy atom. The average Bonchev–Trinajstić information content (AvgIpc) is 3.23. The van der Waals surface area contributed by atoms with Crippen molar-refractivity contribution < 1.29 is 0 Å². The highest BCUT2D eigenvalue weighted by atomic mass is 15.2. The lowest BCUT2D eigenvalue weighted by molar-refractivity contribution is 0.965. The second-order valence-corrected chi connectivity index (χ2v) is 6.96. The van der Waals surface area contributed by atoms with Crippen LogP contribution in [0.2, 0.25) is 0 Å². The van der Waals surface area contributed by atoms with E-state index in [1.807, 2.05) is 19.4 Å². The first-order valence-corrected chi connectivity index (χ1v) is 9.21. The number of aromatic amines is 2. The van der Waals surface area contributed by atoms with E-state index in [2.05, 4.69) is 66.1 Å². The van der Waals surface area contributed by atoms with Gasteiger partial charge in [-0.2, -0.15) is 10.1 Å². The lowest BCUT2D eigenvalue weighted by Gasteiger charge is -2.11. The van der Waals surface area contributed by atoms with E-state index in [1.54, 1.807) is 0 Å². The average molecular weight is 359 g/mol. The molecule has 0 bridgehead atoms. The van der Waals surface area contributed by atoms with Crippen molar-refractivity contribution in [1.82, 2.24) is 25.1 Å². The van der Waals surface area contributed by atoms with Gasteiger partial charge in [-0.25, -0.2) is 4.98 Å². The Morgan fingerprint density at radius 2 is 2.11 bits per heavy atom. The van der Waals surface area contributed by atoms with Gasteiger partial charge in [-0.15, -0.1) is 0 Å². The van der Waals surface area contributed by atoms with Gasteiger partial charge < -0.3 is 15.6 Å². The molecular weight excluding hydrogens is 338 g/mol. The van der Waals surface area contributed by atoms with Crippen LogP contribution >= 0.6 is 0 Å². The van der Waals surface area contributed by atoms with Gasteiger partial charge >= 0.3 is 0 Å². The normalized spacial score (nSPS) is 13.8. The molecule has 7 heteroatoms. The molecule has 27 heavy (non-hydrogen) atoms. The quantitative estimate of drug-likeness (QED) is 0.418. The number of anilines is 3. The molecule has 136 valence electrons. The van der Waals surface area contributed by atoms with Crippen molar-refractivity contribution in [1.29, 1.82) is 0 Å². The number of hydrogen-bond acceptors (Lipinski definition) is 5. The second-order valence-electron chi connectivity index (χ2n) is 6.96. The van der Waals surface area contributed by atoms with E-state index in [-0.39, 0.29) is 0 Å². The maximum absolute atomic E-state index is 4.63. The predicted octanol–water partition coefficient (Wildman–Crippen LogP) is 3.93. The van der Waals surface area contributed by atoms with Crippen molar-refractivity contribution in [3.63, 3.8) is 0 Å². The van der Waals surface area contributed by atoms with Crippen molar-refractivity contribution in [3.05, 3.63) is 59.5 Å². The monoisotopic (exact) mass is 359 g/mol. The Balaban J connectivity index is 1.48. The zero-order valence-corrected chi connectivity index (χ0v) is 15.1. The Bertz CT molecular complexity index is 1090. The molecule has 0 radical (unpaired) electrons. The van der Waals surface area contributed by atoms with Crippen LogP contribution in [0.5, 0.6) is 0 Å². The Morgan fingerprint density at radius 1 is 1.19 bits per heavy atom. The third-order valence-electron chi connectivity index (χ3n) is 5.02. The third kappa shape index (κ3) is 3.12. The summed E-state index contributed by atoms with van der Waals surface area (Å²) in [6.45, 7) is 0. The standard InChI is InChI=1S/C20H21N7/c1-21-20-23-11-14(9-13-3-2-4-16-15(13)7-8-22-16)19(25-20)24-18-10-17(26-27-18)12-5-6-12/h2-4,7-8,10-12,22H,5-6,9H2,1H3,(H3,21,23,24,25,26,27). The maximum atomic E-state index is 4.63. The summed E-state index contributed by atoms with van der Waals surface area (Å²) < 4.78 is 0. The lowest BCUT2D eigenvalue weighted by atomic mass is 10.0. The van der Waals surface area contributed by atoms with Crippen LogP contribution in [-0.4, -0.2) is 32.2 Å². The highest BCUT2D eigenvalue weighted by molar-refractivity contribution is 5.83. The number of fused-ring (bicyclic) bond motifs is 1. The smallest absolute Gasteiger partial charge is 0.224 e. The summed E-state index contributed by atoms with van der Waals surface area (Å²) in [4.78, 5) is 12.3. The largest absolute Gasteiger partial charge is 0.361 e. The van der Waals surface area contributed by atoms with Crippen molar-refractivity contribution >= 4 is 28.5 Å². The van der Waals surface area contributed by atoms with Gasteiger partial charge in [0.15, 0.2) is 5.82 Å². The summed E-state index contributed by atoms with van der Waals surface area (Å²) in [6, 6.07) is 10.5. The van der Waals surface area contributed by atoms with Gasteiger partial charge in [0.2, 0.25) is 5.95 Å². The summed E-state index contributed by atoms with van der Waals surface area (Å²) in [5.41, 5.74) is 4.59. The van der Waals surface area contributed by atoms with Crippen LogP contribution in [0.25, 0.3) is 10.9 Å². The fraction of sp³-hybridized carbons (Fsp3) is 0.250. The van der Waals surface area contributed by atoms with Crippen molar-refractivity contribution in [2.75, 3.05) is 17.7 Å². The highest BCUT2D eigenvalue weighted by Gasteiger charge is 2.25. The van der Waals surface area contributed by atoms with Crippen LogP contribution in [0.15, 0.2) is 42.7 Å². The van der Waals surface area contributed by atoms with Gasteiger partial charge in [0.25, 0.3) is 0 Å². The first-order chi connectivity index (χ1) is 13.3. The van der Waals surface area contributed by atoms with Crippen LogP contribution in [0.4, 0.5) is 17.6 Å². The predicted molar refractivity (Wildman–Crippen MR) is 107 cm³/mol. The first-order valence-electron chi connectivity index (χ1n) is 9.21. The number of benzene rings is 1. The molecule has 1 aliphatic rings. The highest BCUT2D eigenvalue weighted by Crippen LogP contribution is 2.39. The molecule has 1 aliphatic carbocycles. The van der Waals surface area contributed by atoms with Crippen molar-refractivity contribution in [2.24, 2.45) is 0 Å². The van der Waals surface area contributed by atoms with Crippen LogP contribution in [0.1, 0.15) is 35.6 Å². The van der Waals surface area contributed by atoms with Gasteiger partial charge in [-0.3, -0.25) is 5.10 Å². The van der Waals surface area contributed by atoms with E-state index < -0.39 is 0 Å². The van der Waals surface area contributed by atoms with E-state index in [9.17, 15) is 0 Å². The maximum Gasteiger partial charge on any atom is 0.224 e. The molecule has 7 nitrogen and oxygen atoms in total. The number of H-pyrrole nitrogens is 2. The molecule has 1 aromatic carbocycles. The van der Waals surface area contributed by atoms with Crippen molar-refractivity contribution in [3.8, 4) is 0 Å². The molecule has 1 saturated carbocycles. The van der Waals surface area contributed by atoms with E-state index in [1.165, 1.54) is 29.5 Å². The summed E-state index contributed by atoms with van der Waals surface area (Å²) >= 11 is 0. The number of nitrogens with zero attached hydrogens (tertiary/aromatic N) is 3. The number of nitrogens with one attached hydrogen (secondary N) is 4. The van der Waals surface area contributed by atoms with Crippen LogP contribution in [0, 0.1) is 0 Å². The second kappa shape index (κ2) is 6.42. The van der Waals surface area contributed by atoms with Crippen LogP contribution < -0.4 is 10.6 Å². The molecule has 5 rings (SSSR count). The van der Waals surface area contributed by atoms with E-state index in [4.69, 9.17) is 0 Å². The van der Waals surface area contributed by atoms with E-state index in [0.717, 1.165) is 29.1 Å². The summed E-state index contributed by atoms with van der Waals surface area (Å²) in [7, 11) is 1.82. The minimum atomic E-state index is 0.582. The first kappa shape index (κ1) is 15.9. The zero-order valence-electron chi connectivity index (χ0n) is 15.1. The molecule has 0 unspecified atom stereocenters. The van der Waals surface area contributed by atoms with Crippen LogP contribution in [0.3, 0.4) is 0 Å². The van der Waals surface area contributed by atoms with Gasteiger partial charge in [-0.1, -0.05) is 12.1 Å². The number of hydrogen-bond donors (Lipinski definition) is 4. The molecule has 3 heterocycles. The molecule has 4 aromatic rings. The molecule has 4 N–H and O–H groups in total. The summed E-state index contributed by atoms with van der Waals surface area (Å²) in [5.74, 6) is 2.78. The molecular formula is C20H21N7. The lowest BCUT2D eigenvalue weighted by Crippen LogP contribution is -2.05. The Hall–Kier alpha value is -3.35. The fourth-order valence-electron chi connectivity index (χ4n) is 3.40.